The van der Waals surface area contributed by atoms with E-state index < -0.39 is 6.10 Å². The molecule has 0 spiro atoms. The number of hydrogen-bond donors (Lipinski definition) is 0. The zero-order valence-electron chi connectivity index (χ0n) is 24.7. The van der Waals surface area contributed by atoms with Crippen molar-refractivity contribution in [1.29, 1.82) is 0 Å². The van der Waals surface area contributed by atoms with E-state index in [2.05, 4.69) is 54.8 Å². The number of unbranched alkanes of at least 4 members (excludes halogenated alkanes) is 5. The topological polar surface area (TPSA) is 49.7 Å². The molecule has 0 amide bonds. The van der Waals surface area contributed by atoms with Crippen LogP contribution in [0.25, 0.3) is 16.9 Å². The molecular weight excluding hydrogens is 510 g/mol. The number of hydrogen-bond acceptors (Lipinski definition) is 4. The van der Waals surface area contributed by atoms with E-state index in [0.29, 0.717) is 18.8 Å². The molecule has 0 unspecified atom stereocenters. The summed E-state index contributed by atoms with van der Waals surface area (Å²) >= 11 is 0. The van der Waals surface area contributed by atoms with E-state index in [1.165, 1.54) is 32.1 Å². The minimum Gasteiger partial charge on any atom is -0.494 e. The van der Waals surface area contributed by atoms with Gasteiger partial charge < -0.3 is 18.8 Å². The lowest BCUT2D eigenvalue weighted by Gasteiger charge is -2.18. The van der Waals surface area contributed by atoms with Crippen LogP contribution in [0.5, 0.6) is 11.5 Å². The summed E-state index contributed by atoms with van der Waals surface area (Å²) in [5, 5.41) is 0. The average Bonchev–Trinajstić information content (AvgIpc) is 3.39. The minimum atomic E-state index is -0.712. The van der Waals surface area contributed by atoms with Gasteiger partial charge in [-0.15, -0.1) is 0 Å². The second-order valence-electron chi connectivity index (χ2n) is 10.4. The van der Waals surface area contributed by atoms with E-state index in [1.54, 1.807) is 6.92 Å². The Morgan fingerprint density at radius 2 is 1.44 bits per heavy atom. The zero-order chi connectivity index (χ0) is 28.9. The summed E-state index contributed by atoms with van der Waals surface area (Å²) < 4.78 is 19.6. The third-order valence-corrected chi connectivity index (χ3v) is 7.18. The van der Waals surface area contributed by atoms with Crippen molar-refractivity contribution in [3.8, 4) is 28.4 Å². The van der Waals surface area contributed by atoms with Crippen LogP contribution in [0.15, 0.2) is 91.0 Å². The number of benzene rings is 3. The lowest BCUT2D eigenvalue weighted by molar-refractivity contribution is -0.151. The van der Waals surface area contributed by atoms with Crippen LogP contribution in [-0.4, -0.2) is 29.9 Å². The summed E-state index contributed by atoms with van der Waals surface area (Å²) in [7, 11) is 0. The van der Waals surface area contributed by atoms with Gasteiger partial charge in [-0.25, -0.2) is 4.79 Å². The number of nitrogens with zero attached hydrogens (tertiary/aromatic N) is 1. The van der Waals surface area contributed by atoms with E-state index in [-0.39, 0.29) is 5.97 Å². The van der Waals surface area contributed by atoms with Crippen LogP contribution in [-0.2, 0) is 16.0 Å². The Bertz CT molecular complexity index is 1330. The van der Waals surface area contributed by atoms with Crippen molar-refractivity contribution >= 4 is 5.97 Å². The molecule has 4 aromatic rings. The van der Waals surface area contributed by atoms with Gasteiger partial charge in [0.25, 0.3) is 0 Å². The first-order valence-electron chi connectivity index (χ1n) is 15.0. The quantitative estimate of drug-likeness (QED) is 0.103. The molecule has 0 saturated carbocycles. The Hall–Kier alpha value is -3.99. The van der Waals surface area contributed by atoms with Gasteiger partial charge >= 0.3 is 5.97 Å². The molecule has 0 aliphatic carbocycles. The normalized spacial score (nSPS) is 11.7. The van der Waals surface area contributed by atoms with Crippen LogP contribution in [0.3, 0.4) is 0 Å². The number of aryl methyl sites for hydroxylation is 1. The largest absolute Gasteiger partial charge is 0.494 e. The number of ether oxygens (including phenoxy) is 3. The first kappa shape index (κ1) is 30.0. The van der Waals surface area contributed by atoms with Crippen molar-refractivity contribution < 1.29 is 19.0 Å². The maximum absolute atomic E-state index is 12.6. The molecule has 5 heteroatoms. The van der Waals surface area contributed by atoms with Crippen molar-refractivity contribution in [3.05, 3.63) is 102 Å². The summed E-state index contributed by atoms with van der Waals surface area (Å²) in [6.45, 7) is 7.23. The summed E-state index contributed by atoms with van der Waals surface area (Å²) in [5.41, 5.74) is 5.39. The molecule has 3 aromatic carbocycles. The molecule has 0 N–H and O–H groups in total. The van der Waals surface area contributed by atoms with Crippen molar-refractivity contribution in [2.75, 3.05) is 13.2 Å². The van der Waals surface area contributed by atoms with E-state index in [1.807, 2.05) is 54.6 Å². The summed E-state index contributed by atoms with van der Waals surface area (Å²) in [6, 6.07) is 30.3. The second-order valence-corrected chi connectivity index (χ2v) is 10.4. The van der Waals surface area contributed by atoms with Crippen molar-refractivity contribution in [2.45, 2.75) is 71.8 Å². The van der Waals surface area contributed by atoms with Gasteiger partial charge in [-0.05, 0) is 92.1 Å². The van der Waals surface area contributed by atoms with Crippen molar-refractivity contribution in [2.24, 2.45) is 0 Å². The summed E-state index contributed by atoms with van der Waals surface area (Å²) in [6.07, 6.45) is 7.27. The highest BCUT2D eigenvalue weighted by Crippen LogP contribution is 2.29. The Labute approximate surface area is 245 Å². The maximum atomic E-state index is 12.6. The van der Waals surface area contributed by atoms with Gasteiger partial charge in [-0.2, -0.15) is 0 Å². The highest BCUT2D eigenvalue weighted by atomic mass is 16.6. The number of carbonyl (C=O) groups is 1. The lowest BCUT2D eigenvalue weighted by Crippen LogP contribution is -2.31. The molecule has 1 aromatic heterocycles. The number of aromatic nitrogens is 1. The summed E-state index contributed by atoms with van der Waals surface area (Å²) in [5.74, 6) is 1.18. The molecule has 41 heavy (non-hydrogen) atoms. The first-order chi connectivity index (χ1) is 20.1. The van der Waals surface area contributed by atoms with E-state index in [9.17, 15) is 4.79 Å². The molecule has 0 saturated heterocycles. The Balaban J connectivity index is 1.41. The van der Waals surface area contributed by atoms with Gasteiger partial charge in [0.1, 0.15) is 11.5 Å². The molecular formula is C36H43NO4. The zero-order valence-corrected chi connectivity index (χ0v) is 24.7. The van der Waals surface area contributed by atoms with Gasteiger partial charge in [0.15, 0.2) is 6.10 Å². The van der Waals surface area contributed by atoms with Crippen molar-refractivity contribution in [1.82, 2.24) is 4.57 Å². The van der Waals surface area contributed by atoms with Crippen LogP contribution in [0.2, 0.25) is 0 Å². The van der Waals surface area contributed by atoms with Gasteiger partial charge in [0.2, 0.25) is 0 Å². The average molecular weight is 554 g/mol. The predicted molar refractivity (Wildman–Crippen MR) is 166 cm³/mol. The molecule has 0 bridgehead atoms. The second kappa shape index (κ2) is 15.7. The monoisotopic (exact) mass is 553 g/mol. The van der Waals surface area contributed by atoms with Gasteiger partial charge in [-0.3, -0.25) is 0 Å². The van der Waals surface area contributed by atoms with Gasteiger partial charge in [0.05, 0.1) is 18.9 Å². The van der Waals surface area contributed by atoms with Crippen LogP contribution >= 0.6 is 0 Å². The molecule has 0 fully saturated rings. The smallest absolute Gasteiger partial charge is 0.347 e. The Morgan fingerprint density at radius 3 is 2.15 bits per heavy atom. The van der Waals surface area contributed by atoms with E-state index in [0.717, 1.165) is 47.0 Å². The molecule has 1 atom stereocenters. The molecule has 5 nitrogen and oxygen atoms in total. The number of carbonyl (C=O) groups excluding carboxylic acids is 1. The third kappa shape index (κ3) is 8.75. The molecule has 0 aliphatic rings. The number of esters is 1. The standard InChI is InChI=1S/C36H43NO4/c1-4-6-7-8-9-13-26-40-32-23-19-31(20-24-32)37-28(3)16-25-34(37)30-17-21-33(22-18-30)41-35(36(38)39-5-2)27-29-14-11-10-12-15-29/h10-12,14-25,35H,4-9,13,26-27H2,1-3H3/t35-/m1/s1. The fraction of sp³-hybridized carbons (Fsp3) is 0.361. The fourth-order valence-corrected chi connectivity index (χ4v) is 4.98. The highest BCUT2D eigenvalue weighted by molar-refractivity contribution is 5.75. The van der Waals surface area contributed by atoms with E-state index in [4.69, 9.17) is 14.2 Å². The van der Waals surface area contributed by atoms with Crippen LogP contribution in [0.4, 0.5) is 0 Å². The van der Waals surface area contributed by atoms with E-state index >= 15 is 0 Å². The number of rotatable bonds is 16. The molecule has 1 heterocycles. The maximum Gasteiger partial charge on any atom is 0.347 e. The molecule has 216 valence electrons. The van der Waals surface area contributed by atoms with Crippen molar-refractivity contribution in [3.63, 3.8) is 0 Å². The van der Waals surface area contributed by atoms with Gasteiger partial charge in [0, 0.05) is 17.8 Å². The SMILES string of the molecule is CCCCCCCCOc1ccc(-n2c(C)ccc2-c2ccc(O[C@H](Cc3ccccc3)C(=O)OCC)cc2)cc1. The summed E-state index contributed by atoms with van der Waals surface area (Å²) in [4.78, 5) is 12.6. The van der Waals surface area contributed by atoms with Gasteiger partial charge in [-0.1, -0.05) is 69.4 Å². The predicted octanol–water partition coefficient (Wildman–Crippen LogP) is 8.75. The lowest BCUT2D eigenvalue weighted by atomic mass is 10.1. The molecule has 0 aliphatic heterocycles. The van der Waals surface area contributed by atoms with Crippen LogP contribution < -0.4 is 9.47 Å². The highest BCUT2D eigenvalue weighted by Gasteiger charge is 2.22. The minimum absolute atomic E-state index is 0.314. The van der Waals surface area contributed by atoms with Crippen LogP contribution in [0, 0.1) is 6.92 Å². The van der Waals surface area contributed by atoms with Crippen LogP contribution in [0.1, 0.15) is 63.6 Å². The fourth-order valence-electron chi connectivity index (χ4n) is 4.98. The molecule has 0 radical (unpaired) electrons. The Kier molecular flexibility index (Phi) is 11.5. The Morgan fingerprint density at radius 1 is 0.756 bits per heavy atom. The first-order valence-corrected chi connectivity index (χ1v) is 15.0. The third-order valence-electron chi connectivity index (χ3n) is 7.18. The molecule has 4 rings (SSSR count).